The maximum Gasteiger partial charge on any atom is 0.256 e. The molecule has 0 saturated heterocycles. The molecule has 0 saturated carbocycles. The maximum absolute atomic E-state index is 13.1. The van der Waals surface area contributed by atoms with Gasteiger partial charge >= 0.3 is 0 Å². The number of nitrogens with two attached hydrogens (primary N) is 1. The van der Waals surface area contributed by atoms with Crippen LogP contribution in [-0.4, -0.2) is 47.9 Å². The third kappa shape index (κ3) is 7.84. The number of hydrazone groups is 1. The van der Waals surface area contributed by atoms with Gasteiger partial charge in [0, 0.05) is 24.1 Å². The number of ether oxygens (including phenoxy) is 2. The Balaban J connectivity index is 1.77. The van der Waals surface area contributed by atoms with Crippen molar-refractivity contribution < 1.29 is 14.3 Å². The lowest BCUT2D eigenvalue weighted by molar-refractivity contribution is -0.123. The zero-order valence-electron chi connectivity index (χ0n) is 19.2. The van der Waals surface area contributed by atoms with E-state index in [-0.39, 0.29) is 11.9 Å². The quantitative estimate of drug-likeness (QED) is 0.113. The van der Waals surface area contributed by atoms with Gasteiger partial charge in [0.05, 0.1) is 12.8 Å². The van der Waals surface area contributed by atoms with Crippen LogP contribution in [-0.2, 0) is 4.74 Å². The molecule has 1 atom stereocenters. The van der Waals surface area contributed by atoms with Gasteiger partial charge < -0.3 is 20.2 Å². The number of amides is 1. The molecule has 0 heterocycles. The summed E-state index contributed by atoms with van der Waals surface area (Å²) < 4.78 is 11.9. The van der Waals surface area contributed by atoms with Crippen molar-refractivity contribution in [2.45, 2.75) is 51.8 Å². The van der Waals surface area contributed by atoms with Gasteiger partial charge in [0.15, 0.2) is 0 Å². The smallest absolute Gasteiger partial charge is 0.256 e. The first-order valence-electron chi connectivity index (χ1n) is 10.9. The normalized spacial score (nSPS) is 12.6. The van der Waals surface area contributed by atoms with Crippen molar-refractivity contribution in [3.05, 3.63) is 65.7 Å². The summed E-state index contributed by atoms with van der Waals surface area (Å²) in [7, 11) is 0. The third-order valence-corrected chi connectivity index (χ3v) is 5.55. The minimum Gasteiger partial charge on any atom is -0.494 e. The molecule has 32 heavy (non-hydrogen) atoms. The molecule has 1 amide bonds. The lowest BCUT2D eigenvalue weighted by Crippen LogP contribution is -2.54. The monoisotopic (exact) mass is 459 g/mol. The van der Waals surface area contributed by atoms with E-state index in [1.54, 1.807) is 11.1 Å². The highest BCUT2D eigenvalue weighted by Crippen LogP contribution is 2.24. The molecule has 2 aromatic rings. The lowest BCUT2D eigenvalue weighted by atomic mass is 10.1. The van der Waals surface area contributed by atoms with Crippen LogP contribution in [0.2, 0.25) is 0 Å². The van der Waals surface area contributed by atoms with Crippen molar-refractivity contribution in [2.24, 2.45) is 10.9 Å². The Morgan fingerprint density at radius 2 is 1.75 bits per heavy atom. The molecule has 2 aromatic carbocycles. The Morgan fingerprint density at radius 1 is 1.09 bits per heavy atom. The van der Waals surface area contributed by atoms with Gasteiger partial charge in [0.1, 0.15) is 11.5 Å². The highest BCUT2D eigenvalue weighted by Gasteiger charge is 2.35. The van der Waals surface area contributed by atoms with E-state index in [1.165, 1.54) is 0 Å². The Labute approximate surface area is 196 Å². The van der Waals surface area contributed by atoms with Gasteiger partial charge in [-0.3, -0.25) is 4.79 Å². The molecule has 1 unspecified atom stereocenters. The fourth-order valence-electron chi connectivity index (χ4n) is 3.46. The summed E-state index contributed by atoms with van der Waals surface area (Å²) in [6, 6.07) is 16.7. The summed E-state index contributed by atoms with van der Waals surface area (Å²) in [5.41, 5.74) is 0.788. The van der Waals surface area contributed by atoms with Crippen LogP contribution in [0.1, 0.15) is 56.0 Å². The molecule has 0 aliphatic heterocycles. The number of halogens is 1. The summed E-state index contributed by atoms with van der Waals surface area (Å²) in [6.45, 7) is 6.95. The molecule has 0 fully saturated rings. The molecular weight excluding hydrogens is 426 g/mol. The third-order valence-electron chi connectivity index (χ3n) is 5.10. The van der Waals surface area contributed by atoms with E-state index in [1.807, 2.05) is 75.4 Å². The predicted octanol–water partition coefficient (Wildman–Crippen LogP) is 5.05. The van der Waals surface area contributed by atoms with Crippen LogP contribution in [0.25, 0.3) is 0 Å². The molecule has 0 spiro atoms. The van der Waals surface area contributed by atoms with Crippen LogP contribution in [0.3, 0.4) is 0 Å². The minimum atomic E-state index is -0.772. The number of unbranched alkanes of at least 4 members (excludes halogenated alkanes) is 2. The summed E-state index contributed by atoms with van der Waals surface area (Å²) >= 11 is 6.10. The van der Waals surface area contributed by atoms with Crippen LogP contribution in [0.4, 0.5) is 0 Å². The average Bonchev–Trinajstić information content (AvgIpc) is 2.80. The van der Waals surface area contributed by atoms with Crippen LogP contribution in [0.5, 0.6) is 5.75 Å². The van der Waals surface area contributed by atoms with Gasteiger partial charge in [-0.1, -0.05) is 18.2 Å². The van der Waals surface area contributed by atoms with Crippen molar-refractivity contribution in [2.75, 3.05) is 19.1 Å². The molecule has 0 aliphatic carbocycles. The Hall–Kier alpha value is -2.57. The van der Waals surface area contributed by atoms with Gasteiger partial charge in [0.25, 0.3) is 5.91 Å². The minimum absolute atomic E-state index is 0.0825. The number of hydrogen-bond acceptors (Lipinski definition) is 5. The molecule has 0 aromatic heterocycles. The molecular formula is C25H34ClN3O3. The van der Waals surface area contributed by atoms with Crippen LogP contribution >= 0.6 is 11.6 Å². The zero-order chi connectivity index (χ0) is 23.4. The fraction of sp³-hybridized carbons (Fsp3) is 0.440. The zero-order valence-corrected chi connectivity index (χ0v) is 19.9. The molecule has 0 radical (unpaired) electrons. The largest absolute Gasteiger partial charge is 0.494 e. The van der Waals surface area contributed by atoms with Crippen molar-refractivity contribution in [1.82, 2.24) is 4.90 Å². The number of carbonyl (C=O) groups is 1. The van der Waals surface area contributed by atoms with Crippen molar-refractivity contribution in [1.29, 1.82) is 0 Å². The second kappa shape index (κ2) is 13.1. The van der Waals surface area contributed by atoms with Crippen LogP contribution in [0, 0.1) is 0 Å². The van der Waals surface area contributed by atoms with Crippen molar-refractivity contribution in [3.63, 3.8) is 0 Å². The first kappa shape index (κ1) is 25.7. The van der Waals surface area contributed by atoms with E-state index < -0.39 is 5.72 Å². The van der Waals surface area contributed by atoms with Crippen LogP contribution in [0.15, 0.2) is 59.7 Å². The van der Waals surface area contributed by atoms with E-state index in [0.717, 1.165) is 30.6 Å². The summed E-state index contributed by atoms with van der Waals surface area (Å²) in [5, 5.41) is 3.50. The molecule has 0 bridgehead atoms. The summed E-state index contributed by atoms with van der Waals surface area (Å²) in [5.74, 6) is 6.22. The van der Waals surface area contributed by atoms with Gasteiger partial charge in [-0.15, -0.1) is 11.6 Å². The van der Waals surface area contributed by atoms with Gasteiger partial charge in [-0.2, -0.15) is 5.10 Å². The molecule has 174 valence electrons. The van der Waals surface area contributed by atoms with Gasteiger partial charge in [-0.05, 0) is 82.0 Å². The lowest BCUT2D eigenvalue weighted by Gasteiger charge is -2.42. The number of benzene rings is 2. The van der Waals surface area contributed by atoms with Crippen molar-refractivity contribution in [3.8, 4) is 5.75 Å². The van der Waals surface area contributed by atoms with Crippen LogP contribution < -0.4 is 10.6 Å². The topological polar surface area (TPSA) is 77.2 Å². The first-order chi connectivity index (χ1) is 15.4. The predicted molar refractivity (Wildman–Crippen MR) is 130 cm³/mol. The standard InChI is InChI=1S/C25H34ClN3O3/c1-20(18-26)29(24(30)22-10-6-4-7-11-22)25(2,3)32-17-9-5-8-16-31-23-14-12-21(13-15-23)19-28-27/h4,6-7,10-15,19-20H,5,8-9,16-18,27H2,1-3H3/b28-19+. The van der Waals surface area contributed by atoms with E-state index in [0.29, 0.717) is 24.7 Å². The Bertz CT molecular complexity index is 841. The fourth-order valence-corrected chi connectivity index (χ4v) is 3.60. The summed E-state index contributed by atoms with van der Waals surface area (Å²) in [4.78, 5) is 14.8. The van der Waals surface area contributed by atoms with Gasteiger partial charge in [-0.25, -0.2) is 0 Å². The number of hydrogen-bond donors (Lipinski definition) is 1. The molecule has 2 rings (SSSR count). The molecule has 0 aliphatic rings. The first-order valence-corrected chi connectivity index (χ1v) is 11.5. The summed E-state index contributed by atoms with van der Waals surface area (Å²) in [6.07, 6.45) is 4.35. The van der Waals surface area contributed by atoms with E-state index in [2.05, 4.69) is 5.10 Å². The highest BCUT2D eigenvalue weighted by atomic mass is 35.5. The number of alkyl halides is 1. The molecule has 2 N–H and O–H groups in total. The average molecular weight is 460 g/mol. The Morgan fingerprint density at radius 3 is 2.38 bits per heavy atom. The van der Waals surface area contributed by atoms with Gasteiger partial charge in [0.2, 0.25) is 0 Å². The number of nitrogens with zero attached hydrogens (tertiary/aromatic N) is 2. The molecule has 7 heteroatoms. The SMILES string of the molecule is CC(CCl)N(C(=O)c1ccccc1)C(C)(C)OCCCCCOc1ccc(/C=N/N)cc1. The van der Waals surface area contributed by atoms with Crippen molar-refractivity contribution >= 4 is 23.7 Å². The van der Waals surface area contributed by atoms with E-state index in [9.17, 15) is 4.79 Å². The molecule has 6 nitrogen and oxygen atoms in total. The Kier molecular flexibility index (Phi) is 10.5. The second-order valence-electron chi connectivity index (χ2n) is 8.10. The highest BCUT2D eigenvalue weighted by molar-refractivity contribution is 6.18. The number of rotatable bonds is 13. The maximum atomic E-state index is 13.1. The number of carbonyl (C=O) groups excluding carboxylic acids is 1. The van der Waals surface area contributed by atoms with E-state index >= 15 is 0 Å². The second-order valence-corrected chi connectivity index (χ2v) is 8.40. The van der Waals surface area contributed by atoms with E-state index in [4.69, 9.17) is 26.9 Å².